The van der Waals surface area contributed by atoms with E-state index < -0.39 is 11.9 Å². The van der Waals surface area contributed by atoms with Gasteiger partial charge in [0.2, 0.25) is 5.90 Å². The van der Waals surface area contributed by atoms with Crippen LogP contribution >= 0.6 is 15.9 Å². The number of carbonyl (C=O) groups is 2. The largest absolute Gasteiger partial charge is 0.422 e. The molecule has 3 aromatic rings. The van der Waals surface area contributed by atoms with Crippen molar-refractivity contribution in [2.24, 2.45) is 4.99 Å². The van der Waals surface area contributed by atoms with Gasteiger partial charge in [0.1, 0.15) is 5.75 Å². The third-order valence-corrected chi connectivity index (χ3v) is 5.12. The molecule has 0 atom stereocenters. The molecule has 0 N–H and O–H groups in total. The van der Waals surface area contributed by atoms with Crippen molar-refractivity contribution in [3.05, 3.63) is 105 Å². The van der Waals surface area contributed by atoms with Gasteiger partial charge in [0.25, 0.3) is 0 Å². The Hall–Kier alpha value is -3.51. The van der Waals surface area contributed by atoms with Crippen molar-refractivity contribution in [3.8, 4) is 5.75 Å². The second-order valence-electron chi connectivity index (χ2n) is 6.61. The second kappa shape index (κ2) is 8.47. The van der Waals surface area contributed by atoms with Gasteiger partial charge in [-0.1, -0.05) is 48.0 Å². The van der Waals surface area contributed by atoms with E-state index in [0.29, 0.717) is 26.9 Å². The van der Waals surface area contributed by atoms with E-state index >= 15 is 0 Å². The van der Waals surface area contributed by atoms with Crippen molar-refractivity contribution >= 4 is 39.8 Å². The quantitative estimate of drug-likeness (QED) is 0.299. The molecule has 0 amide bonds. The number of nitrogens with zero attached hydrogens (tertiary/aromatic N) is 1. The Morgan fingerprint density at radius 1 is 1.00 bits per heavy atom. The number of esters is 2. The number of carbonyl (C=O) groups excluding carboxylic acids is 2. The fraction of sp³-hybridized carbons (Fsp3) is 0.0417. The van der Waals surface area contributed by atoms with Crippen LogP contribution in [0.4, 0.5) is 0 Å². The second-order valence-corrected chi connectivity index (χ2v) is 7.46. The minimum absolute atomic E-state index is 0.134. The fourth-order valence-electron chi connectivity index (χ4n) is 2.85. The molecule has 30 heavy (non-hydrogen) atoms. The number of rotatable bonds is 4. The van der Waals surface area contributed by atoms with E-state index in [1.807, 2.05) is 37.3 Å². The van der Waals surface area contributed by atoms with E-state index in [-0.39, 0.29) is 11.6 Å². The lowest BCUT2D eigenvalue weighted by Crippen LogP contribution is -2.10. The molecule has 0 saturated heterocycles. The zero-order valence-corrected chi connectivity index (χ0v) is 17.5. The molecule has 0 aliphatic carbocycles. The first-order valence-electron chi connectivity index (χ1n) is 9.16. The van der Waals surface area contributed by atoms with Crippen molar-refractivity contribution in [1.29, 1.82) is 0 Å². The lowest BCUT2D eigenvalue weighted by Gasteiger charge is -2.08. The van der Waals surface area contributed by atoms with Crippen LogP contribution in [0, 0.1) is 6.92 Å². The Kier molecular flexibility index (Phi) is 5.59. The van der Waals surface area contributed by atoms with Crippen molar-refractivity contribution in [1.82, 2.24) is 0 Å². The normalized spacial score (nSPS) is 14.4. The summed E-state index contributed by atoms with van der Waals surface area (Å²) in [4.78, 5) is 29.2. The zero-order chi connectivity index (χ0) is 21.1. The molecule has 3 aromatic carbocycles. The average molecular weight is 462 g/mol. The van der Waals surface area contributed by atoms with Crippen molar-refractivity contribution in [2.75, 3.05) is 0 Å². The van der Waals surface area contributed by atoms with Crippen LogP contribution in [0.15, 0.2) is 88.0 Å². The highest BCUT2D eigenvalue weighted by Crippen LogP contribution is 2.26. The summed E-state index contributed by atoms with van der Waals surface area (Å²) in [6.07, 6.45) is 1.55. The summed E-state index contributed by atoms with van der Waals surface area (Å²) in [6.45, 7) is 1.98. The summed E-state index contributed by atoms with van der Waals surface area (Å²) in [5, 5.41) is 0. The smallest absolute Gasteiger partial charge is 0.363 e. The maximum atomic E-state index is 12.6. The monoisotopic (exact) mass is 461 g/mol. The Balaban J connectivity index is 1.63. The molecule has 1 aliphatic rings. The minimum Gasteiger partial charge on any atom is -0.422 e. The van der Waals surface area contributed by atoms with Crippen molar-refractivity contribution in [3.63, 3.8) is 0 Å². The van der Waals surface area contributed by atoms with Crippen LogP contribution in [0.2, 0.25) is 0 Å². The molecule has 0 aromatic heterocycles. The molecule has 0 fully saturated rings. The lowest BCUT2D eigenvalue weighted by molar-refractivity contribution is -0.129. The third-order valence-electron chi connectivity index (χ3n) is 4.43. The number of halogens is 1. The first-order valence-corrected chi connectivity index (χ1v) is 9.96. The van der Waals surface area contributed by atoms with Crippen LogP contribution < -0.4 is 4.74 Å². The summed E-state index contributed by atoms with van der Waals surface area (Å²) in [6, 6.07) is 21.5. The van der Waals surface area contributed by atoms with E-state index in [9.17, 15) is 9.59 Å². The number of ether oxygens (including phenoxy) is 2. The van der Waals surface area contributed by atoms with Crippen LogP contribution in [0.1, 0.15) is 27.0 Å². The molecule has 1 heterocycles. The zero-order valence-electron chi connectivity index (χ0n) is 16.0. The number of aliphatic imine (C=N–C) groups is 1. The molecule has 0 radical (unpaired) electrons. The highest BCUT2D eigenvalue weighted by molar-refractivity contribution is 9.10. The summed E-state index contributed by atoms with van der Waals surface area (Å²) < 4.78 is 11.5. The first kappa shape index (κ1) is 19.8. The fourth-order valence-corrected chi connectivity index (χ4v) is 3.30. The van der Waals surface area contributed by atoms with Gasteiger partial charge in [0.05, 0.1) is 5.56 Å². The van der Waals surface area contributed by atoms with Crippen LogP contribution in [0.25, 0.3) is 6.08 Å². The molecule has 0 saturated carbocycles. The van der Waals surface area contributed by atoms with Gasteiger partial charge in [-0.2, -0.15) is 0 Å². The summed E-state index contributed by atoms with van der Waals surface area (Å²) in [7, 11) is 0. The predicted octanol–water partition coefficient (Wildman–Crippen LogP) is 5.32. The SMILES string of the molecule is Cc1ccc(C2=NC(=Cc3ccccc3OC(=O)c3ccccc3Br)C(=O)O2)cc1. The molecule has 5 nitrogen and oxygen atoms in total. The van der Waals surface area contributed by atoms with Crippen LogP contribution in [0.3, 0.4) is 0 Å². The Morgan fingerprint density at radius 2 is 1.70 bits per heavy atom. The summed E-state index contributed by atoms with van der Waals surface area (Å²) >= 11 is 3.35. The average Bonchev–Trinajstić information content (AvgIpc) is 3.10. The molecule has 1 aliphatic heterocycles. The molecule has 6 heteroatoms. The number of hydrogen-bond donors (Lipinski definition) is 0. The van der Waals surface area contributed by atoms with E-state index in [4.69, 9.17) is 9.47 Å². The summed E-state index contributed by atoms with van der Waals surface area (Å²) in [5.74, 6) is -0.504. The van der Waals surface area contributed by atoms with Gasteiger partial charge in [-0.05, 0) is 59.3 Å². The van der Waals surface area contributed by atoms with Gasteiger partial charge in [-0.15, -0.1) is 0 Å². The minimum atomic E-state index is -0.558. The van der Waals surface area contributed by atoms with E-state index in [1.54, 1.807) is 48.5 Å². The van der Waals surface area contributed by atoms with E-state index in [2.05, 4.69) is 20.9 Å². The standard InChI is InChI=1S/C24H16BrNO4/c1-15-10-12-16(13-11-15)22-26-20(24(28)30-22)14-17-6-2-5-9-21(17)29-23(27)18-7-3-4-8-19(18)25/h2-14H,1H3. The molecule has 148 valence electrons. The molecule has 0 unspecified atom stereocenters. The number of para-hydroxylation sites is 1. The van der Waals surface area contributed by atoms with Crippen LogP contribution in [-0.4, -0.2) is 17.8 Å². The topological polar surface area (TPSA) is 65.0 Å². The molecule has 0 bridgehead atoms. The molecule has 4 rings (SSSR count). The van der Waals surface area contributed by atoms with Crippen LogP contribution in [-0.2, 0) is 9.53 Å². The van der Waals surface area contributed by atoms with E-state index in [1.165, 1.54) is 0 Å². The van der Waals surface area contributed by atoms with Gasteiger partial charge in [-0.3, -0.25) is 0 Å². The number of cyclic esters (lactones) is 1. The molecular weight excluding hydrogens is 446 g/mol. The molecule has 0 spiro atoms. The van der Waals surface area contributed by atoms with Gasteiger partial charge >= 0.3 is 11.9 Å². The first-order chi connectivity index (χ1) is 14.5. The maximum Gasteiger partial charge on any atom is 0.363 e. The maximum absolute atomic E-state index is 12.6. The van der Waals surface area contributed by atoms with Gasteiger partial charge < -0.3 is 9.47 Å². The van der Waals surface area contributed by atoms with Crippen molar-refractivity contribution < 1.29 is 19.1 Å². The third kappa shape index (κ3) is 4.23. The van der Waals surface area contributed by atoms with Crippen molar-refractivity contribution in [2.45, 2.75) is 6.92 Å². The number of hydrogen-bond acceptors (Lipinski definition) is 5. The number of benzene rings is 3. The lowest BCUT2D eigenvalue weighted by atomic mass is 10.1. The Morgan fingerprint density at radius 3 is 2.47 bits per heavy atom. The van der Waals surface area contributed by atoms with Gasteiger partial charge in [0, 0.05) is 15.6 Å². The molecular formula is C24H16BrNO4. The van der Waals surface area contributed by atoms with E-state index in [0.717, 1.165) is 5.56 Å². The summed E-state index contributed by atoms with van der Waals surface area (Å²) in [5.41, 5.74) is 2.89. The van der Waals surface area contributed by atoms with Gasteiger partial charge in [0.15, 0.2) is 5.70 Å². The number of aryl methyl sites for hydroxylation is 1. The Labute approximate surface area is 181 Å². The Bertz CT molecular complexity index is 1200. The predicted molar refractivity (Wildman–Crippen MR) is 117 cm³/mol. The highest BCUT2D eigenvalue weighted by atomic mass is 79.9. The highest BCUT2D eigenvalue weighted by Gasteiger charge is 2.24. The van der Waals surface area contributed by atoms with Gasteiger partial charge in [-0.25, -0.2) is 14.6 Å². The van der Waals surface area contributed by atoms with Crippen LogP contribution in [0.5, 0.6) is 5.75 Å².